The van der Waals surface area contributed by atoms with Gasteiger partial charge in [-0.25, -0.2) is 0 Å². The number of nitro groups is 1. The van der Waals surface area contributed by atoms with Gasteiger partial charge in [0.2, 0.25) is 0 Å². The lowest BCUT2D eigenvalue weighted by Gasteiger charge is -2.06. The van der Waals surface area contributed by atoms with E-state index < -0.39 is 11.0 Å². The fraction of sp³-hybridized carbons (Fsp3) is 0.0769. The van der Waals surface area contributed by atoms with Crippen molar-refractivity contribution >= 4 is 43.2 Å². The van der Waals surface area contributed by atoms with Crippen LogP contribution in [0.5, 0.6) is 0 Å². The zero-order valence-electron chi connectivity index (χ0n) is 9.95. The Morgan fingerprint density at radius 1 is 1.35 bits per heavy atom. The van der Waals surface area contributed by atoms with Crippen LogP contribution in [0.4, 0.5) is 5.88 Å². The van der Waals surface area contributed by atoms with Gasteiger partial charge in [0.15, 0.2) is 0 Å². The minimum Gasteiger partial charge on any atom is -0.403 e. The molecule has 5 nitrogen and oxygen atoms in total. The number of aliphatic hydroxyl groups is 1. The number of rotatable bonds is 3. The van der Waals surface area contributed by atoms with E-state index in [4.69, 9.17) is 4.42 Å². The molecule has 0 aliphatic carbocycles. The van der Waals surface area contributed by atoms with E-state index in [1.807, 2.05) is 23.6 Å². The number of thiophene rings is 1. The molecule has 0 aliphatic heterocycles. The largest absolute Gasteiger partial charge is 0.433 e. The highest BCUT2D eigenvalue weighted by Crippen LogP contribution is 2.38. The third-order valence-corrected chi connectivity index (χ3v) is 4.91. The summed E-state index contributed by atoms with van der Waals surface area (Å²) >= 11 is 4.95. The summed E-state index contributed by atoms with van der Waals surface area (Å²) in [7, 11) is 0. The fourth-order valence-electron chi connectivity index (χ4n) is 1.99. The van der Waals surface area contributed by atoms with Gasteiger partial charge in [-0.3, -0.25) is 10.1 Å². The summed E-state index contributed by atoms with van der Waals surface area (Å²) in [5.41, 5.74) is 0.676. The molecule has 7 heteroatoms. The molecule has 2 heterocycles. The highest BCUT2D eigenvalue weighted by atomic mass is 79.9. The summed E-state index contributed by atoms with van der Waals surface area (Å²) < 4.78 is 7.02. The van der Waals surface area contributed by atoms with E-state index in [9.17, 15) is 15.2 Å². The van der Waals surface area contributed by atoms with Crippen molar-refractivity contribution in [1.29, 1.82) is 0 Å². The quantitative estimate of drug-likeness (QED) is 0.564. The first-order valence-electron chi connectivity index (χ1n) is 5.65. The number of hydrogen-bond donors (Lipinski definition) is 1. The summed E-state index contributed by atoms with van der Waals surface area (Å²) in [4.78, 5) is 9.98. The molecule has 0 fully saturated rings. The summed E-state index contributed by atoms with van der Waals surface area (Å²) in [6.45, 7) is 0. The molecule has 2 aromatic heterocycles. The number of fused-ring (bicyclic) bond motifs is 1. The molecule has 0 saturated carbocycles. The van der Waals surface area contributed by atoms with E-state index in [1.54, 1.807) is 0 Å². The summed E-state index contributed by atoms with van der Waals surface area (Å²) in [5.74, 6) is -0.212. The predicted molar refractivity (Wildman–Crippen MR) is 78.9 cm³/mol. The zero-order chi connectivity index (χ0) is 14.3. The van der Waals surface area contributed by atoms with E-state index in [1.165, 1.54) is 23.5 Å². The van der Waals surface area contributed by atoms with Crippen LogP contribution in [-0.4, -0.2) is 10.0 Å². The van der Waals surface area contributed by atoms with Crippen molar-refractivity contribution in [2.75, 3.05) is 0 Å². The van der Waals surface area contributed by atoms with Crippen molar-refractivity contribution in [2.45, 2.75) is 6.10 Å². The molecule has 0 radical (unpaired) electrons. The molecule has 102 valence electrons. The number of nitrogens with zero attached hydrogens (tertiary/aromatic N) is 1. The molecule has 1 atom stereocenters. The SMILES string of the molecule is O=[N+]([O-])c1ccc(C(O)c2csc3c(Br)cccc23)o1. The van der Waals surface area contributed by atoms with E-state index in [0.717, 1.165) is 14.6 Å². The molecule has 0 aliphatic rings. The first-order chi connectivity index (χ1) is 9.58. The Labute approximate surface area is 125 Å². The lowest BCUT2D eigenvalue weighted by Crippen LogP contribution is -1.96. The molecular formula is C13H8BrNO4S. The van der Waals surface area contributed by atoms with Crippen molar-refractivity contribution in [1.82, 2.24) is 0 Å². The second-order valence-electron chi connectivity index (χ2n) is 4.14. The van der Waals surface area contributed by atoms with Crippen LogP contribution in [0.3, 0.4) is 0 Å². The van der Waals surface area contributed by atoms with E-state index in [2.05, 4.69) is 15.9 Å². The second kappa shape index (κ2) is 5.01. The number of aliphatic hydroxyl groups excluding tert-OH is 1. The van der Waals surface area contributed by atoms with Gasteiger partial charge in [-0.15, -0.1) is 11.3 Å². The standard InChI is InChI=1S/C13H8BrNO4S/c14-9-3-1-2-7-8(6-20-13(7)9)12(16)10-4-5-11(19-10)15(17)18/h1-6,12,16H. The van der Waals surface area contributed by atoms with E-state index >= 15 is 0 Å². The fourth-order valence-corrected chi connectivity index (χ4v) is 3.63. The van der Waals surface area contributed by atoms with Gasteiger partial charge in [0.25, 0.3) is 0 Å². The van der Waals surface area contributed by atoms with Gasteiger partial charge in [0, 0.05) is 14.7 Å². The lowest BCUT2D eigenvalue weighted by atomic mass is 10.1. The smallest absolute Gasteiger partial charge is 0.403 e. The Morgan fingerprint density at radius 2 is 2.15 bits per heavy atom. The topological polar surface area (TPSA) is 76.5 Å². The van der Waals surface area contributed by atoms with Gasteiger partial charge in [-0.1, -0.05) is 12.1 Å². The van der Waals surface area contributed by atoms with Crippen molar-refractivity contribution in [3.8, 4) is 0 Å². The normalized spacial score (nSPS) is 12.7. The third kappa shape index (κ3) is 2.13. The minimum atomic E-state index is -1.02. The maximum Gasteiger partial charge on any atom is 0.433 e. The molecule has 3 rings (SSSR count). The van der Waals surface area contributed by atoms with Gasteiger partial charge in [0.05, 0.1) is 6.07 Å². The van der Waals surface area contributed by atoms with Gasteiger partial charge >= 0.3 is 5.88 Å². The minimum absolute atomic E-state index is 0.163. The Morgan fingerprint density at radius 3 is 2.85 bits per heavy atom. The van der Waals surface area contributed by atoms with Gasteiger partial charge in [0.1, 0.15) is 16.8 Å². The first-order valence-corrected chi connectivity index (χ1v) is 7.33. The molecule has 20 heavy (non-hydrogen) atoms. The zero-order valence-corrected chi connectivity index (χ0v) is 12.3. The van der Waals surface area contributed by atoms with Crippen LogP contribution in [-0.2, 0) is 0 Å². The molecule has 1 unspecified atom stereocenters. The van der Waals surface area contributed by atoms with Crippen LogP contribution >= 0.6 is 27.3 Å². The summed E-state index contributed by atoms with van der Waals surface area (Å²) in [6.07, 6.45) is -1.02. The van der Waals surface area contributed by atoms with Crippen LogP contribution in [0.25, 0.3) is 10.1 Å². The third-order valence-electron chi connectivity index (χ3n) is 2.94. The average molecular weight is 354 g/mol. The first kappa shape index (κ1) is 13.3. The Kier molecular flexibility index (Phi) is 3.33. The van der Waals surface area contributed by atoms with Crippen LogP contribution in [0.2, 0.25) is 0 Å². The number of furan rings is 1. The average Bonchev–Trinajstić information content (AvgIpc) is 3.05. The van der Waals surface area contributed by atoms with Crippen molar-refractivity contribution < 1.29 is 14.4 Å². The molecule has 3 aromatic rings. The van der Waals surface area contributed by atoms with Gasteiger partial charge < -0.3 is 9.52 Å². The lowest BCUT2D eigenvalue weighted by molar-refractivity contribution is -0.402. The second-order valence-corrected chi connectivity index (χ2v) is 5.88. The molecule has 0 bridgehead atoms. The molecule has 0 amide bonds. The van der Waals surface area contributed by atoms with Crippen molar-refractivity contribution in [2.24, 2.45) is 0 Å². The monoisotopic (exact) mass is 353 g/mol. The van der Waals surface area contributed by atoms with E-state index in [-0.39, 0.29) is 11.6 Å². The van der Waals surface area contributed by atoms with Crippen LogP contribution < -0.4 is 0 Å². The maximum atomic E-state index is 10.6. The van der Waals surface area contributed by atoms with Crippen molar-refractivity contribution in [3.63, 3.8) is 0 Å². The molecule has 1 aromatic carbocycles. The molecule has 0 saturated heterocycles. The Balaban J connectivity index is 2.05. The number of halogens is 1. The highest BCUT2D eigenvalue weighted by Gasteiger charge is 2.22. The predicted octanol–water partition coefficient (Wildman–Crippen LogP) is 4.25. The van der Waals surface area contributed by atoms with E-state index in [0.29, 0.717) is 5.56 Å². The maximum absolute atomic E-state index is 10.6. The van der Waals surface area contributed by atoms with Gasteiger partial charge in [-0.2, -0.15) is 0 Å². The number of hydrogen-bond acceptors (Lipinski definition) is 5. The summed E-state index contributed by atoms with van der Waals surface area (Å²) in [6, 6.07) is 8.35. The van der Waals surface area contributed by atoms with Crippen molar-refractivity contribution in [3.05, 3.63) is 61.6 Å². The number of benzene rings is 1. The molecular weight excluding hydrogens is 346 g/mol. The Hall–Kier alpha value is -1.70. The highest BCUT2D eigenvalue weighted by molar-refractivity contribution is 9.10. The van der Waals surface area contributed by atoms with Gasteiger partial charge in [-0.05, 0) is 38.8 Å². The molecule has 1 N–H and O–H groups in total. The molecule has 0 spiro atoms. The Bertz CT molecular complexity index is 795. The van der Waals surface area contributed by atoms with Crippen LogP contribution in [0, 0.1) is 10.1 Å². The van der Waals surface area contributed by atoms with Crippen LogP contribution in [0.1, 0.15) is 17.4 Å². The summed E-state index contributed by atoms with van der Waals surface area (Å²) in [5, 5.41) is 23.7. The van der Waals surface area contributed by atoms with Crippen LogP contribution in [0.15, 0.2) is 44.6 Å².